The summed E-state index contributed by atoms with van der Waals surface area (Å²) in [4.78, 5) is 1.97. The Labute approximate surface area is 159 Å². The van der Waals surface area contributed by atoms with Gasteiger partial charge in [0.05, 0.1) is 31.5 Å². The molecule has 27 heavy (non-hydrogen) atoms. The Kier molecular flexibility index (Phi) is 6.82. The zero-order valence-corrected chi connectivity index (χ0v) is 15.2. The number of nitrogens with zero attached hydrogens (tertiary/aromatic N) is 1. The molecule has 6 nitrogen and oxygen atoms in total. The number of hydrogen-bond acceptors (Lipinski definition) is 6. The molecule has 0 spiro atoms. The number of aliphatic hydroxyl groups is 4. The van der Waals surface area contributed by atoms with Gasteiger partial charge in [0, 0.05) is 12.6 Å². The van der Waals surface area contributed by atoms with Gasteiger partial charge in [-0.1, -0.05) is 42.5 Å². The summed E-state index contributed by atoms with van der Waals surface area (Å²) in [5.74, 6) is 0.655. The SMILES string of the molecule is OCCOc1cccc(CN2[C@H](CO)[C@@H](O)[C@@H](O)[C@@H]2Cc2ccccc2)c1. The molecule has 6 heteroatoms. The lowest BCUT2D eigenvalue weighted by molar-refractivity contribution is 0.0178. The van der Waals surface area contributed by atoms with E-state index >= 15 is 0 Å². The van der Waals surface area contributed by atoms with Crippen molar-refractivity contribution in [3.63, 3.8) is 0 Å². The monoisotopic (exact) mass is 373 g/mol. The van der Waals surface area contributed by atoms with Crippen LogP contribution in [0, 0.1) is 0 Å². The number of hydrogen-bond donors (Lipinski definition) is 4. The van der Waals surface area contributed by atoms with E-state index in [-0.39, 0.29) is 25.9 Å². The minimum absolute atomic E-state index is 0.0551. The van der Waals surface area contributed by atoms with Gasteiger partial charge < -0.3 is 25.2 Å². The molecule has 0 aliphatic carbocycles. The first-order chi connectivity index (χ1) is 13.1. The first-order valence-electron chi connectivity index (χ1n) is 9.23. The van der Waals surface area contributed by atoms with Gasteiger partial charge in [-0.25, -0.2) is 0 Å². The summed E-state index contributed by atoms with van der Waals surface area (Å²) in [5.41, 5.74) is 2.01. The molecule has 4 N–H and O–H groups in total. The van der Waals surface area contributed by atoms with Crippen LogP contribution in [0.1, 0.15) is 11.1 Å². The maximum Gasteiger partial charge on any atom is 0.119 e. The number of benzene rings is 2. The Bertz CT molecular complexity index is 711. The molecule has 0 bridgehead atoms. The average Bonchev–Trinajstić information content (AvgIpc) is 2.91. The number of likely N-dealkylation sites (tertiary alicyclic amines) is 1. The van der Waals surface area contributed by atoms with Gasteiger partial charge in [-0.3, -0.25) is 4.90 Å². The van der Waals surface area contributed by atoms with E-state index in [1.807, 2.05) is 59.5 Å². The molecule has 1 saturated heterocycles. The first kappa shape index (κ1) is 19.8. The van der Waals surface area contributed by atoms with Crippen LogP contribution < -0.4 is 4.74 Å². The highest BCUT2D eigenvalue weighted by atomic mass is 16.5. The Morgan fingerprint density at radius 1 is 0.852 bits per heavy atom. The minimum Gasteiger partial charge on any atom is -0.491 e. The Balaban J connectivity index is 1.80. The summed E-state index contributed by atoms with van der Waals surface area (Å²) >= 11 is 0. The topological polar surface area (TPSA) is 93.4 Å². The molecule has 146 valence electrons. The van der Waals surface area contributed by atoms with Crippen LogP contribution in [-0.4, -0.2) is 69.4 Å². The molecular weight excluding hydrogens is 346 g/mol. The van der Waals surface area contributed by atoms with Gasteiger partial charge >= 0.3 is 0 Å². The summed E-state index contributed by atoms with van der Waals surface area (Å²) in [6.45, 7) is 0.401. The average molecular weight is 373 g/mol. The van der Waals surface area contributed by atoms with Crippen molar-refractivity contribution in [2.45, 2.75) is 37.3 Å². The zero-order chi connectivity index (χ0) is 19.2. The van der Waals surface area contributed by atoms with E-state index in [4.69, 9.17) is 9.84 Å². The second kappa shape index (κ2) is 9.30. The molecule has 0 unspecified atom stereocenters. The molecule has 1 aliphatic rings. The Morgan fingerprint density at radius 3 is 2.26 bits per heavy atom. The summed E-state index contributed by atoms with van der Waals surface area (Å²) in [5, 5.41) is 39.7. The van der Waals surface area contributed by atoms with Gasteiger partial charge in [-0.2, -0.15) is 0 Å². The van der Waals surface area contributed by atoms with E-state index < -0.39 is 18.2 Å². The molecule has 0 amide bonds. The summed E-state index contributed by atoms with van der Waals surface area (Å²) < 4.78 is 5.46. The van der Waals surface area contributed by atoms with Crippen molar-refractivity contribution in [3.8, 4) is 5.75 Å². The lowest BCUT2D eigenvalue weighted by Crippen LogP contribution is -2.41. The highest BCUT2D eigenvalue weighted by molar-refractivity contribution is 5.29. The molecule has 2 aromatic carbocycles. The molecule has 3 rings (SSSR count). The maximum absolute atomic E-state index is 10.6. The quantitative estimate of drug-likeness (QED) is 0.541. The van der Waals surface area contributed by atoms with Crippen molar-refractivity contribution < 1.29 is 25.2 Å². The Hall–Kier alpha value is -1.96. The molecule has 0 radical (unpaired) electrons. The third kappa shape index (κ3) is 4.66. The van der Waals surface area contributed by atoms with Crippen LogP contribution in [0.3, 0.4) is 0 Å². The first-order valence-corrected chi connectivity index (χ1v) is 9.23. The maximum atomic E-state index is 10.6. The van der Waals surface area contributed by atoms with Crippen LogP contribution in [0.15, 0.2) is 54.6 Å². The lowest BCUT2D eigenvalue weighted by Gasteiger charge is -2.30. The summed E-state index contributed by atoms with van der Waals surface area (Å²) in [7, 11) is 0. The van der Waals surface area contributed by atoms with Crippen LogP contribution in [0.5, 0.6) is 5.75 Å². The zero-order valence-electron chi connectivity index (χ0n) is 15.2. The smallest absolute Gasteiger partial charge is 0.119 e. The van der Waals surface area contributed by atoms with Crippen LogP contribution in [-0.2, 0) is 13.0 Å². The van der Waals surface area contributed by atoms with E-state index in [2.05, 4.69) is 0 Å². The fourth-order valence-corrected chi connectivity index (χ4v) is 3.74. The molecule has 1 fully saturated rings. The standard InChI is InChI=1S/C21H27NO5/c23-9-10-27-17-8-4-7-16(11-17)13-22-18(12-15-5-2-1-3-6-15)20(25)21(26)19(22)14-24/h1-8,11,18-21,23-26H,9-10,12-14H2/t18-,19+,20-,21+/m0/s1. The molecule has 4 atom stereocenters. The highest BCUT2D eigenvalue weighted by Gasteiger charge is 2.46. The second-order valence-corrected chi connectivity index (χ2v) is 6.88. The van der Waals surface area contributed by atoms with Gasteiger partial charge in [0.25, 0.3) is 0 Å². The van der Waals surface area contributed by atoms with Crippen molar-refractivity contribution in [1.29, 1.82) is 0 Å². The van der Waals surface area contributed by atoms with Crippen LogP contribution >= 0.6 is 0 Å². The summed E-state index contributed by atoms with van der Waals surface area (Å²) in [6, 6.07) is 16.5. The van der Waals surface area contributed by atoms with Crippen molar-refractivity contribution in [2.24, 2.45) is 0 Å². The molecule has 1 heterocycles. The molecule has 2 aromatic rings. The predicted molar refractivity (Wildman–Crippen MR) is 101 cm³/mol. The molecule has 0 aromatic heterocycles. The fraction of sp³-hybridized carbons (Fsp3) is 0.429. The normalized spacial score (nSPS) is 25.6. The van der Waals surface area contributed by atoms with E-state index in [0.29, 0.717) is 18.7 Å². The third-order valence-electron chi connectivity index (χ3n) is 5.09. The van der Waals surface area contributed by atoms with E-state index in [0.717, 1.165) is 11.1 Å². The number of aliphatic hydroxyl groups excluding tert-OH is 4. The van der Waals surface area contributed by atoms with E-state index in [1.165, 1.54) is 0 Å². The van der Waals surface area contributed by atoms with Gasteiger partial charge in [0.15, 0.2) is 0 Å². The van der Waals surface area contributed by atoms with E-state index in [9.17, 15) is 15.3 Å². The second-order valence-electron chi connectivity index (χ2n) is 6.88. The van der Waals surface area contributed by atoms with Crippen LogP contribution in [0.4, 0.5) is 0 Å². The van der Waals surface area contributed by atoms with Gasteiger partial charge in [0.2, 0.25) is 0 Å². The summed E-state index contributed by atoms with van der Waals surface area (Å²) in [6.07, 6.45) is -1.36. The molecule has 0 saturated carbocycles. The fourth-order valence-electron chi connectivity index (χ4n) is 3.74. The van der Waals surface area contributed by atoms with Crippen molar-refractivity contribution in [1.82, 2.24) is 4.90 Å². The third-order valence-corrected chi connectivity index (χ3v) is 5.09. The molecular formula is C21H27NO5. The highest BCUT2D eigenvalue weighted by Crippen LogP contribution is 2.30. The van der Waals surface area contributed by atoms with Crippen molar-refractivity contribution in [2.75, 3.05) is 19.8 Å². The van der Waals surface area contributed by atoms with Crippen LogP contribution in [0.25, 0.3) is 0 Å². The van der Waals surface area contributed by atoms with Gasteiger partial charge in [0.1, 0.15) is 12.4 Å². The van der Waals surface area contributed by atoms with Gasteiger partial charge in [-0.05, 0) is 29.7 Å². The minimum atomic E-state index is -1.00. The number of rotatable bonds is 8. The van der Waals surface area contributed by atoms with Gasteiger partial charge in [-0.15, -0.1) is 0 Å². The molecule has 1 aliphatic heterocycles. The predicted octanol–water partition coefficient (Wildman–Crippen LogP) is 0.567. The largest absolute Gasteiger partial charge is 0.491 e. The van der Waals surface area contributed by atoms with E-state index in [1.54, 1.807) is 0 Å². The lowest BCUT2D eigenvalue weighted by atomic mass is 10.0. The van der Waals surface area contributed by atoms with Crippen molar-refractivity contribution in [3.05, 3.63) is 65.7 Å². The Morgan fingerprint density at radius 2 is 1.56 bits per heavy atom. The van der Waals surface area contributed by atoms with Crippen molar-refractivity contribution >= 4 is 0 Å². The number of ether oxygens (including phenoxy) is 1. The van der Waals surface area contributed by atoms with Crippen LogP contribution in [0.2, 0.25) is 0 Å².